The van der Waals surface area contributed by atoms with Crippen molar-refractivity contribution in [1.82, 2.24) is 42.2 Å². The molecule has 3 aromatic rings. The van der Waals surface area contributed by atoms with Gasteiger partial charge in [0.2, 0.25) is 47.3 Å². The summed E-state index contributed by atoms with van der Waals surface area (Å²) in [6.07, 6.45) is 2.37. The number of hydrogen-bond donors (Lipinski definition) is 13. The van der Waals surface area contributed by atoms with Gasteiger partial charge in [-0.3, -0.25) is 43.2 Å². The Balaban J connectivity index is 1.79. The molecule has 15 N–H and O–H groups in total. The van der Waals surface area contributed by atoms with Crippen molar-refractivity contribution in [2.75, 3.05) is 25.2 Å². The molecule has 370 valence electrons. The minimum absolute atomic E-state index is 0.0384. The van der Waals surface area contributed by atoms with Gasteiger partial charge in [0.1, 0.15) is 36.3 Å². The quantitative estimate of drug-likeness (QED) is 0.0343. The van der Waals surface area contributed by atoms with E-state index in [1.807, 2.05) is 35.8 Å². The van der Waals surface area contributed by atoms with Gasteiger partial charge in [-0.05, 0) is 41.5 Å². The van der Waals surface area contributed by atoms with Crippen molar-refractivity contribution in [3.8, 4) is 0 Å². The summed E-state index contributed by atoms with van der Waals surface area (Å²) in [5, 5.41) is 45.7. The fourth-order valence-corrected chi connectivity index (χ4v) is 7.21. The van der Waals surface area contributed by atoms with E-state index in [9.17, 15) is 58.2 Å². The molecule has 8 amide bonds. The summed E-state index contributed by atoms with van der Waals surface area (Å²) >= 11 is 1.51. The molecule has 0 unspecified atom stereocenters. The molecule has 0 radical (unpaired) electrons. The van der Waals surface area contributed by atoms with Crippen LogP contribution in [0.1, 0.15) is 50.7 Å². The first-order valence-electron chi connectivity index (χ1n) is 21.5. The normalized spacial score (nSPS) is 14.5. The highest BCUT2D eigenvalue weighted by molar-refractivity contribution is 7.98. The van der Waals surface area contributed by atoms with Gasteiger partial charge < -0.3 is 69.0 Å². The number of H-pyrrole nitrogens is 1. The minimum atomic E-state index is -1.95. The number of para-hydroxylation sites is 1. The maximum atomic E-state index is 14.2. The Morgan fingerprint density at radius 3 is 1.90 bits per heavy atom. The maximum Gasteiger partial charge on any atom is 0.326 e. The van der Waals surface area contributed by atoms with Crippen molar-refractivity contribution in [3.63, 3.8) is 0 Å². The van der Waals surface area contributed by atoms with Crippen LogP contribution in [0.15, 0.2) is 60.8 Å². The molecule has 3 rings (SSSR count). The number of aliphatic carboxylic acids is 2. The molecular formula is C44H60N10O13S. The molecule has 1 heterocycles. The van der Waals surface area contributed by atoms with Crippen LogP contribution in [0.5, 0.6) is 0 Å². The molecule has 0 saturated heterocycles. The Bertz CT molecular complexity index is 2260. The second-order valence-electron chi connectivity index (χ2n) is 15.9. The topological polar surface area (TPSA) is 383 Å². The number of benzene rings is 2. The highest BCUT2D eigenvalue weighted by Gasteiger charge is 2.35. The van der Waals surface area contributed by atoms with Crippen LogP contribution in [0.4, 0.5) is 0 Å². The van der Waals surface area contributed by atoms with Gasteiger partial charge in [0.05, 0.1) is 32.0 Å². The molecule has 0 aliphatic rings. The number of amides is 8. The standard InChI is InChI=1S/C44H60N10O13S/c1-4-23(2)37(54-41(63)30(50-38(60)27(45)14-15-68-3)17-25-20-47-28-13-9-8-12-26(25)28)43(65)52-29(16-24-10-6-5-7-11-24)39(61)48-21-35(57)49-33(22-55)42(64)51-31(18-34(46)56)40(62)53-32(44(66)67)19-36(58)59/h5-13,20,23,27,29-33,37,47,55H,4,14-19,21-22,45H2,1-3H3,(H2,46,56)(H,48,61)(H,49,57)(H,50,60)(H,51,64)(H,52,65)(H,53,62)(H,54,63)(H,58,59)(H,66,67)/t23-,27-,29-,30-,31-,32-,33-,37-/m0/s1. The van der Waals surface area contributed by atoms with Crippen LogP contribution >= 0.6 is 11.8 Å². The predicted octanol–water partition coefficient (Wildman–Crippen LogP) is -2.47. The van der Waals surface area contributed by atoms with E-state index in [1.165, 1.54) is 11.8 Å². The molecule has 0 bridgehead atoms. The van der Waals surface area contributed by atoms with Gasteiger partial charge in [0, 0.05) is 29.9 Å². The van der Waals surface area contributed by atoms with Gasteiger partial charge in [-0.25, -0.2) is 4.79 Å². The van der Waals surface area contributed by atoms with E-state index in [4.69, 9.17) is 16.6 Å². The number of nitrogens with two attached hydrogens (primary N) is 2. The lowest BCUT2D eigenvalue weighted by atomic mass is 9.96. The third-order valence-corrected chi connectivity index (χ3v) is 11.3. The molecular weight excluding hydrogens is 909 g/mol. The zero-order valence-electron chi connectivity index (χ0n) is 37.7. The first kappa shape index (κ1) is 55.3. The van der Waals surface area contributed by atoms with E-state index < -0.39 is 133 Å². The first-order valence-corrected chi connectivity index (χ1v) is 22.9. The van der Waals surface area contributed by atoms with Gasteiger partial charge in [0.15, 0.2) is 0 Å². The SMILES string of the molecule is CC[C@H](C)[C@H](NC(=O)[C@H](Cc1c[nH]c2ccccc12)NC(=O)[C@@H](N)CCSC)C(=O)N[C@@H](Cc1ccccc1)C(=O)NCC(=O)N[C@@H](CO)C(=O)N[C@@H](CC(N)=O)C(=O)N[C@@H](CC(=O)O)C(=O)O. The van der Waals surface area contributed by atoms with Crippen molar-refractivity contribution in [1.29, 1.82) is 0 Å². The zero-order valence-corrected chi connectivity index (χ0v) is 38.6. The Kier molecular flexibility index (Phi) is 22.4. The second-order valence-corrected chi connectivity index (χ2v) is 16.9. The number of aromatic amines is 1. The number of nitrogens with one attached hydrogen (secondary N) is 8. The average Bonchev–Trinajstić information content (AvgIpc) is 3.71. The van der Waals surface area contributed by atoms with E-state index in [2.05, 4.69) is 36.9 Å². The summed E-state index contributed by atoms with van der Waals surface area (Å²) in [6, 6.07) is 5.66. The summed E-state index contributed by atoms with van der Waals surface area (Å²) in [7, 11) is 0. The monoisotopic (exact) mass is 968 g/mol. The summed E-state index contributed by atoms with van der Waals surface area (Å²) in [6.45, 7) is 1.63. The lowest BCUT2D eigenvalue weighted by Gasteiger charge is -2.29. The second kappa shape index (κ2) is 27.6. The van der Waals surface area contributed by atoms with E-state index in [0.29, 0.717) is 24.2 Å². The largest absolute Gasteiger partial charge is 0.481 e. The van der Waals surface area contributed by atoms with Gasteiger partial charge in [0.25, 0.3) is 0 Å². The number of fused-ring (bicyclic) bond motifs is 1. The number of aliphatic hydroxyl groups excluding tert-OH is 1. The molecule has 1 aromatic heterocycles. The smallest absolute Gasteiger partial charge is 0.326 e. The highest BCUT2D eigenvalue weighted by atomic mass is 32.2. The van der Waals surface area contributed by atoms with Crippen LogP contribution < -0.4 is 48.7 Å². The number of carboxylic acids is 2. The van der Waals surface area contributed by atoms with E-state index in [0.717, 1.165) is 16.5 Å². The van der Waals surface area contributed by atoms with Crippen LogP contribution in [0, 0.1) is 5.92 Å². The van der Waals surface area contributed by atoms with Crippen LogP contribution in [0.3, 0.4) is 0 Å². The Hall–Kier alpha value is -7.05. The third-order valence-electron chi connectivity index (χ3n) is 10.7. The minimum Gasteiger partial charge on any atom is -0.481 e. The number of carboxylic acid groups (broad SMARTS) is 2. The molecule has 8 atom stereocenters. The zero-order chi connectivity index (χ0) is 50.5. The van der Waals surface area contributed by atoms with Crippen molar-refractivity contribution in [3.05, 3.63) is 71.9 Å². The summed E-state index contributed by atoms with van der Waals surface area (Å²) in [4.78, 5) is 132. The van der Waals surface area contributed by atoms with E-state index >= 15 is 0 Å². The van der Waals surface area contributed by atoms with Crippen LogP contribution in [-0.2, 0) is 60.8 Å². The van der Waals surface area contributed by atoms with Gasteiger partial charge >= 0.3 is 11.9 Å². The number of carbonyl (C=O) groups excluding carboxylic acids is 8. The van der Waals surface area contributed by atoms with Crippen LogP contribution in [-0.4, -0.2) is 147 Å². The van der Waals surface area contributed by atoms with Crippen molar-refractivity contribution in [2.45, 2.75) is 94.7 Å². The maximum absolute atomic E-state index is 14.2. The third kappa shape index (κ3) is 17.6. The Labute approximate surface area is 395 Å². The van der Waals surface area contributed by atoms with Gasteiger partial charge in [-0.15, -0.1) is 0 Å². The number of thioether (sulfide) groups is 1. The van der Waals surface area contributed by atoms with Crippen LogP contribution in [0.2, 0.25) is 0 Å². The summed E-state index contributed by atoms with van der Waals surface area (Å²) < 4.78 is 0. The molecule has 23 nitrogen and oxygen atoms in total. The Morgan fingerprint density at radius 2 is 1.28 bits per heavy atom. The first-order chi connectivity index (χ1) is 32.3. The predicted molar refractivity (Wildman–Crippen MR) is 248 cm³/mol. The highest BCUT2D eigenvalue weighted by Crippen LogP contribution is 2.20. The average molecular weight is 969 g/mol. The number of primary amides is 1. The van der Waals surface area contributed by atoms with Crippen molar-refractivity contribution >= 4 is 81.9 Å². The number of aromatic nitrogens is 1. The number of rotatable bonds is 29. The summed E-state index contributed by atoms with van der Waals surface area (Å²) in [5.74, 6) is -10.8. The molecule has 0 aliphatic carbocycles. The Morgan fingerprint density at radius 1 is 0.691 bits per heavy atom. The number of hydrogen-bond acceptors (Lipinski definition) is 13. The molecule has 2 aromatic carbocycles. The molecule has 0 aliphatic heterocycles. The van der Waals surface area contributed by atoms with Crippen LogP contribution in [0.25, 0.3) is 10.9 Å². The summed E-state index contributed by atoms with van der Waals surface area (Å²) in [5.41, 5.74) is 13.5. The lowest BCUT2D eigenvalue weighted by molar-refractivity contribution is -0.147. The fourth-order valence-electron chi connectivity index (χ4n) is 6.72. The van der Waals surface area contributed by atoms with E-state index in [-0.39, 0.29) is 12.8 Å². The van der Waals surface area contributed by atoms with Gasteiger partial charge in [-0.2, -0.15) is 11.8 Å². The molecule has 0 fully saturated rings. The number of carbonyl (C=O) groups is 10. The molecule has 0 spiro atoms. The molecule has 68 heavy (non-hydrogen) atoms. The fraction of sp³-hybridized carbons (Fsp3) is 0.455. The lowest BCUT2D eigenvalue weighted by Crippen LogP contribution is -2.60. The van der Waals surface area contributed by atoms with E-state index in [1.54, 1.807) is 50.4 Å². The number of aliphatic hydroxyl groups is 1. The van der Waals surface area contributed by atoms with Crippen molar-refractivity contribution in [2.24, 2.45) is 17.4 Å². The molecule has 0 saturated carbocycles. The van der Waals surface area contributed by atoms with Gasteiger partial charge in [-0.1, -0.05) is 68.8 Å². The van der Waals surface area contributed by atoms with Crippen molar-refractivity contribution < 1.29 is 63.3 Å². The molecule has 24 heteroatoms.